The number of rotatable bonds is 4. The summed E-state index contributed by atoms with van der Waals surface area (Å²) in [4.78, 5) is 13.8. The first-order chi connectivity index (χ1) is 8.77. The molecule has 1 saturated carbocycles. The van der Waals surface area contributed by atoms with E-state index < -0.39 is 12.1 Å². The van der Waals surface area contributed by atoms with Crippen LogP contribution >= 0.6 is 0 Å². The van der Waals surface area contributed by atoms with Crippen LogP contribution in [0.3, 0.4) is 0 Å². The minimum Gasteiger partial charge on any atom is -0.343 e. The van der Waals surface area contributed by atoms with Crippen LogP contribution in [-0.4, -0.2) is 36.6 Å². The number of hydrogen-bond donors (Lipinski definition) is 1. The summed E-state index contributed by atoms with van der Waals surface area (Å²) < 4.78 is 37.6. The lowest BCUT2D eigenvalue weighted by molar-refractivity contribution is -0.185. The van der Waals surface area contributed by atoms with Gasteiger partial charge < -0.3 is 10.6 Å². The summed E-state index contributed by atoms with van der Waals surface area (Å²) in [6, 6.07) is 0.0397. The molecule has 19 heavy (non-hydrogen) atoms. The normalized spacial score (nSPS) is 26.0. The van der Waals surface area contributed by atoms with Crippen LogP contribution in [0.1, 0.15) is 39.0 Å². The Kier molecular flexibility index (Phi) is 5.64. The minimum atomic E-state index is -4.12. The molecule has 0 bridgehead atoms. The number of amides is 1. The number of halogens is 3. The topological polar surface area (TPSA) is 46.3 Å². The number of carbonyl (C=O) groups excluding carboxylic acids is 1. The monoisotopic (exact) mass is 280 g/mol. The van der Waals surface area contributed by atoms with Gasteiger partial charge in [-0.2, -0.15) is 13.2 Å². The van der Waals surface area contributed by atoms with Gasteiger partial charge in [-0.05, 0) is 45.6 Å². The Balaban J connectivity index is 2.49. The van der Waals surface area contributed by atoms with Crippen LogP contribution in [-0.2, 0) is 4.79 Å². The van der Waals surface area contributed by atoms with Gasteiger partial charge in [-0.15, -0.1) is 0 Å². The summed E-state index contributed by atoms with van der Waals surface area (Å²) in [6.07, 6.45) is -2.60. The van der Waals surface area contributed by atoms with E-state index in [1.807, 2.05) is 6.92 Å². The second kappa shape index (κ2) is 6.59. The molecule has 2 N–H and O–H groups in total. The maximum Gasteiger partial charge on any atom is 0.391 e. The van der Waals surface area contributed by atoms with Crippen molar-refractivity contribution in [1.29, 1.82) is 0 Å². The molecule has 0 aromatic rings. The number of alkyl halides is 3. The average molecular weight is 280 g/mol. The van der Waals surface area contributed by atoms with Crippen molar-refractivity contribution in [2.75, 3.05) is 13.6 Å². The van der Waals surface area contributed by atoms with E-state index in [4.69, 9.17) is 5.73 Å². The van der Waals surface area contributed by atoms with E-state index in [2.05, 4.69) is 0 Å². The maximum absolute atomic E-state index is 12.5. The fraction of sp³-hybridized carbons (Fsp3) is 0.923. The van der Waals surface area contributed by atoms with Gasteiger partial charge in [-0.25, -0.2) is 0 Å². The first-order valence-electron chi connectivity index (χ1n) is 6.80. The van der Waals surface area contributed by atoms with Gasteiger partial charge in [-0.1, -0.05) is 0 Å². The van der Waals surface area contributed by atoms with E-state index >= 15 is 0 Å². The summed E-state index contributed by atoms with van der Waals surface area (Å²) in [5, 5.41) is 0. The molecule has 1 aliphatic carbocycles. The fourth-order valence-electron chi connectivity index (χ4n) is 2.61. The fourth-order valence-corrected chi connectivity index (χ4v) is 2.61. The SMILES string of the molecule is CC(CCN)N(C)C(=O)C1CCC(C(F)(F)F)CC1. The molecule has 1 unspecified atom stereocenters. The third kappa shape index (κ3) is 4.37. The Hall–Kier alpha value is -0.780. The van der Waals surface area contributed by atoms with Crippen LogP contribution in [0.15, 0.2) is 0 Å². The first kappa shape index (κ1) is 16.3. The van der Waals surface area contributed by atoms with Crippen LogP contribution in [0, 0.1) is 11.8 Å². The van der Waals surface area contributed by atoms with Gasteiger partial charge in [-0.3, -0.25) is 4.79 Å². The Morgan fingerprint density at radius 3 is 2.26 bits per heavy atom. The van der Waals surface area contributed by atoms with E-state index in [1.165, 1.54) is 0 Å². The molecule has 0 radical (unpaired) electrons. The van der Waals surface area contributed by atoms with Crippen LogP contribution in [0.25, 0.3) is 0 Å². The Morgan fingerprint density at radius 1 is 1.32 bits per heavy atom. The van der Waals surface area contributed by atoms with E-state index in [0.717, 1.165) is 0 Å². The van der Waals surface area contributed by atoms with E-state index in [-0.39, 0.29) is 30.7 Å². The van der Waals surface area contributed by atoms with Crippen molar-refractivity contribution in [2.24, 2.45) is 17.6 Å². The molecule has 1 aliphatic rings. The molecule has 1 fully saturated rings. The highest BCUT2D eigenvalue weighted by Gasteiger charge is 2.42. The number of nitrogens with two attached hydrogens (primary N) is 1. The van der Waals surface area contributed by atoms with Crippen molar-refractivity contribution in [3.63, 3.8) is 0 Å². The predicted octanol–water partition coefficient (Wildman–Crippen LogP) is 2.55. The van der Waals surface area contributed by atoms with Crippen molar-refractivity contribution < 1.29 is 18.0 Å². The quantitative estimate of drug-likeness (QED) is 0.860. The summed E-state index contributed by atoms with van der Waals surface area (Å²) >= 11 is 0. The standard InChI is InChI=1S/C13H23F3N2O/c1-9(7-8-17)18(2)12(19)10-3-5-11(6-4-10)13(14,15)16/h9-11H,3-8,17H2,1-2H3. The van der Waals surface area contributed by atoms with Crippen LogP contribution in [0.2, 0.25) is 0 Å². The number of nitrogens with zero attached hydrogens (tertiary/aromatic N) is 1. The van der Waals surface area contributed by atoms with Crippen molar-refractivity contribution in [1.82, 2.24) is 4.90 Å². The third-order valence-electron chi connectivity index (χ3n) is 4.13. The number of hydrogen-bond acceptors (Lipinski definition) is 2. The molecule has 0 heterocycles. The molecule has 1 rings (SSSR count). The van der Waals surface area contributed by atoms with Crippen LogP contribution in [0.5, 0.6) is 0 Å². The lowest BCUT2D eigenvalue weighted by atomic mass is 9.81. The van der Waals surface area contributed by atoms with Gasteiger partial charge in [0.1, 0.15) is 0 Å². The van der Waals surface area contributed by atoms with E-state index in [0.29, 0.717) is 25.8 Å². The molecule has 1 atom stereocenters. The summed E-state index contributed by atoms with van der Waals surface area (Å²) in [5.41, 5.74) is 5.45. The molecule has 0 aromatic heterocycles. The lowest BCUT2D eigenvalue weighted by Crippen LogP contribution is -2.42. The van der Waals surface area contributed by atoms with Gasteiger partial charge in [0.25, 0.3) is 0 Å². The van der Waals surface area contributed by atoms with Gasteiger partial charge >= 0.3 is 6.18 Å². The number of carbonyl (C=O) groups is 1. The zero-order valence-corrected chi connectivity index (χ0v) is 11.5. The molecule has 6 heteroatoms. The second-order valence-corrected chi connectivity index (χ2v) is 5.47. The summed E-state index contributed by atoms with van der Waals surface area (Å²) in [7, 11) is 1.71. The third-order valence-corrected chi connectivity index (χ3v) is 4.13. The molecule has 0 aromatic carbocycles. The Labute approximate surface area is 112 Å². The molecular weight excluding hydrogens is 257 g/mol. The maximum atomic E-state index is 12.5. The molecule has 112 valence electrons. The molecule has 3 nitrogen and oxygen atoms in total. The lowest BCUT2D eigenvalue weighted by Gasteiger charge is -2.33. The molecule has 0 aliphatic heterocycles. The average Bonchev–Trinajstić information content (AvgIpc) is 2.36. The van der Waals surface area contributed by atoms with E-state index in [1.54, 1.807) is 11.9 Å². The Morgan fingerprint density at radius 2 is 1.84 bits per heavy atom. The largest absolute Gasteiger partial charge is 0.391 e. The Bertz CT molecular complexity index is 299. The summed E-state index contributed by atoms with van der Waals surface area (Å²) in [6.45, 7) is 2.41. The predicted molar refractivity (Wildman–Crippen MR) is 67.4 cm³/mol. The molecular formula is C13H23F3N2O. The molecule has 0 saturated heterocycles. The highest BCUT2D eigenvalue weighted by Crippen LogP contribution is 2.39. The second-order valence-electron chi connectivity index (χ2n) is 5.47. The molecule has 0 spiro atoms. The minimum absolute atomic E-state index is 0.0397. The van der Waals surface area contributed by atoms with E-state index in [9.17, 15) is 18.0 Å². The van der Waals surface area contributed by atoms with Gasteiger partial charge in [0.15, 0.2) is 0 Å². The first-order valence-corrected chi connectivity index (χ1v) is 6.80. The molecule has 1 amide bonds. The zero-order chi connectivity index (χ0) is 14.6. The summed E-state index contributed by atoms with van der Waals surface area (Å²) in [5.74, 6) is -1.53. The van der Waals surface area contributed by atoms with Crippen LogP contribution < -0.4 is 5.73 Å². The van der Waals surface area contributed by atoms with Gasteiger partial charge in [0, 0.05) is 19.0 Å². The highest BCUT2D eigenvalue weighted by atomic mass is 19.4. The van der Waals surface area contributed by atoms with Crippen molar-refractivity contribution in [3.8, 4) is 0 Å². The highest BCUT2D eigenvalue weighted by molar-refractivity contribution is 5.78. The van der Waals surface area contributed by atoms with Crippen molar-refractivity contribution in [3.05, 3.63) is 0 Å². The van der Waals surface area contributed by atoms with Crippen molar-refractivity contribution >= 4 is 5.91 Å². The zero-order valence-electron chi connectivity index (χ0n) is 11.5. The van der Waals surface area contributed by atoms with Gasteiger partial charge in [0.2, 0.25) is 5.91 Å². The smallest absolute Gasteiger partial charge is 0.343 e. The van der Waals surface area contributed by atoms with Crippen molar-refractivity contribution in [2.45, 2.75) is 51.2 Å². The van der Waals surface area contributed by atoms with Crippen LogP contribution in [0.4, 0.5) is 13.2 Å². The van der Waals surface area contributed by atoms with Gasteiger partial charge in [0.05, 0.1) is 5.92 Å².